The summed E-state index contributed by atoms with van der Waals surface area (Å²) >= 11 is 0. The molecule has 0 saturated heterocycles. The highest BCUT2D eigenvalue weighted by Gasteiger charge is 1.95. The molecule has 0 heterocycles. The Bertz CT molecular complexity index is 389. The van der Waals surface area contributed by atoms with Crippen LogP contribution in [0.15, 0.2) is 42.5 Å². The highest BCUT2D eigenvalue weighted by atomic mass is 16.5. The van der Waals surface area contributed by atoms with E-state index in [0.29, 0.717) is 6.61 Å². The van der Waals surface area contributed by atoms with Gasteiger partial charge in [0.25, 0.3) is 0 Å². The van der Waals surface area contributed by atoms with Crippen LogP contribution in [0.25, 0.3) is 6.08 Å². The van der Waals surface area contributed by atoms with Gasteiger partial charge >= 0.3 is 0 Å². The predicted molar refractivity (Wildman–Crippen MR) is 105 cm³/mol. The fourth-order valence-corrected chi connectivity index (χ4v) is 1.41. The van der Waals surface area contributed by atoms with Crippen LogP contribution in [0, 0.1) is 0 Å². The molecule has 0 aliphatic rings. The fourth-order valence-electron chi connectivity index (χ4n) is 1.41. The van der Waals surface area contributed by atoms with Gasteiger partial charge in [-0.1, -0.05) is 45.1 Å². The number of allylic oxidation sites excluding steroid dienone is 1. The van der Waals surface area contributed by atoms with Gasteiger partial charge in [-0.3, -0.25) is 0 Å². The van der Waals surface area contributed by atoms with Crippen molar-refractivity contribution < 1.29 is 9.53 Å². The lowest BCUT2D eigenvalue weighted by atomic mass is 10.1. The Hall–Kier alpha value is -1.87. The highest BCUT2D eigenvalue weighted by Crippen LogP contribution is 2.13. The van der Waals surface area contributed by atoms with Gasteiger partial charge < -0.3 is 14.8 Å². The Labute approximate surface area is 143 Å². The number of methoxy groups -OCH3 is 1. The summed E-state index contributed by atoms with van der Waals surface area (Å²) in [6.07, 6.45) is 5.71. The smallest absolute Gasteiger partial charge is 0.116 e. The maximum absolute atomic E-state index is 8.81. The summed E-state index contributed by atoms with van der Waals surface area (Å²) in [4.78, 5) is 8.81. The number of benzene rings is 1. The molecule has 132 valence electrons. The van der Waals surface area contributed by atoms with Gasteiger partial charge in [0.1, 0.15) is 6.29 Å². The number of hydrogen-bond donors (Lipinski definition) is 1. The van der Waals surface area contributed by atoms with Gasteiger partial charge in [-0.05, 0) is 43.5 Å². The lowest BCUT2D eigenvalue weighted by molar-refractivity contribution is -0.106. The minimum absolute atomic E-state index is 0.713. The molecule has 1 aromatic rings. The van der Waals surface area contributed by atoms with E-state index in [1.807, 2.05) is 27.8 Å². The van der Waals surface area contributed by atoms with Gasteiger partial charge in [-0.2, -0.15) is 0 Å². The zero-order valence-electron chi connectivity index (χ0n) is 16.0. The fraction of sp³-hybridized carbons (Fsp3) is 0.450. The van der Waals surface area contributed by atoms with E-state index in [1.54, 1.807) is 13.2 Å². The molecule has 0 amide bonds. The average molecular weight is 322 g/mol. The molecule has 0 radical (unpaired) electrons. The molecule has 1 aromatic carbocycles. The number of carbonyl (C=O) groups is 1. The van der Waals surface area contributed by atoms with Gasteiger partial charge in [0.05, 0.1) is 6.61 Å². The summed E-state index contributed by atoms with van der Waals surface area (Å²) in [7, 11) is 3.65. The second-order valence-corrected chi connectivity index (χ2v) is 4.11. The molecule has 0 aromatic heterocycles. The SMILES string of the molecule is C=CC.CC.CC/C(=C/c1ccc(NC)cc1)COC.CC=O. The molecule has 1 N–H and O–H groups in total. The van der Waals surface area contributed by atoms with Crippen LogP contribution >= 0.6 is 0 Å². The quantitative estimate of drug-likeness (QED) is 0.567. The van der Waals surface area contributed by atoms with Gasteiger partial charge in [0.15, 0.2) is 0 Å². The number of rotatable bonds is 5. The van der Waals surface area contributed by atoms with E-state index in [1.165, 1.54) is 18.1 Å². The zero-order valence-corrected chi connectivity index (χ0v) is 16.0. The molecule has 1 rings (SSSR count). The summed E-state index contributed by atoms with van der Waals surface area (Å²) in [6.45, 7) is 13.6. The molecular weight excluding hydrogens is 286 g/mol. The molecule has 0 unspecified atom stereocenters. The first-order valence-corrected chi connectivity index (χ1v) is 8.06. The lowest BCUT2D eigenvalue weighted by Gasteiger charge is -2.04. The van der Waals surface area contributed by atoms with Crippen molar-refractivity contribution in [1.29, 1.82) is 0 Å². The third-order valence-electron chi connectivity index (χ3n) is 2.35. The Morgan fingerprint density at radius 1 is 1.22 bits per heavy atom. The van der Waals surface area contributed by atoms with Crippen molar-refractivity contribution in [2.45, 2.75) is 41.0 Å². The summed E-state index contributed by atoms with van der Waals surface area (Å²) < 4.78 is 5.13. The van der Waals surface area contributed by atoms with Crippen LogP contribution in [0.3, 0.4) is 0 Å². The van der Waals surface area contributed by atoms with Crippen LogP contribution in [0.1, 0.15) is 46.6 Å². The number of nitrogens with one attached hydrogen (secondary N) is 1. The summed E-state index contributed by atoms with van der Waals surface area (Å²) in [5.74, 6) is 0. The van der Waals surface area contributed by atoms with Crippen molar-refractivity contribution in [2.75, 3.05) is 26.1 Å². The summed E-state index contributed by atoms with van der Waals surface area (Å²) in [5.41, 5.74) is 3.68. The zero-order chi connectivity index (χ0) is 18.5. The van der Waals surface area contributed by atoms with E-state index in [2.05, 4.69) is 49.2 Å². The summed E-state index contributed by atoms with van der Waals surface area (Å²) in [6, 6.07) is 8.37. The first kappa shape index (κ1) is 26.0. The van der Waals surface area contributed by atoms with Crippen LogP contribution < -0.4 is 5.32 Å². The number of hydrogen-bond acceptors (Lipinski definition) is 3. The Morgan fingerprint density at radius 3 is 1.96 bits per heavy atom. The maximum Gasteiger partial charge on any atom is 0.116 e. The van der Waals surface area contributed by atoms with Crippen LogP contribution in [0.5, 0.6) is 0 Å². The largest absolute Gasteiger partial charge is 0.388 e. The van der Waals surface area contributed by atoms with Crippen molar-refractivity contribution in [3.8, 4) is 0 Å². The monoisotopic (exact) mass is 321 g/mol. The topological polar surface area (TPSA) is 38.3 Å². The first-order valence-electron chi connectivity index (χ1n) is 8.06. The van der Waals surface area contributed by atoms with Crippen LogP contribution in [-0.4, -0.2) is 27.1 Å². The molecule has 0 atom stereocenters. The van der Waals surface area contributed by atoms with E-state index in [-0.39, 0.29) is 0 Å². The molecule has 0 bridgehead atoms. The molecule has 3 heteroatoms. The van der Waals surface area contributed by atoms with E-state index < -0.39 is 0 Å². The normalized spacial score (nSPS) is 8.91. The number of anilines is 1. The maximum atomic E-state index is 8.81. The molecule has 23 heavy (non-hydrogen) atoms. The second-order valence-electron chi connectivity index (χ2n) is 4.11. The molecule has 0 fully saturated rings. The van der Waals surface area contributed by atoms with E-state index >= 15 is 0 Å². The minimum atomic E-state index is 0.713. The van der Waals surface area contributed by atoms with E-state index in [4.69, 9.17) is 9.53 Å². The molecular formula is C20H35NO2. The van der Waals surface area contributed by atoms with Crippen molar-refractivity contribution >= 4 is 18.0 Å². The third-order valence-corrected chi connectivity index (χ3v) is 2.35. The van der Waals surface area contributed by atoms with Gasteiger partial charge in [0, 0.05) is 19.8 Å². The highest BCUT2D eigenvalue weighted by molar-refractivity contribution is 5.57. The van der Waals surface area contributed by atoms with Gasteiger partial charge in [-0.15, -0.1) is 6.58 Å². The van der Waals surface area contributed by atoms with Gasteiger partial charge in [-0.25, -0.2) is 0 Å². The minimum Gasteiger partial charge on any atom is -0.388 e. The molecule has 0 aliphatic heterocycles. The van der Waals surface area contributed by atoms with Crippen LogP contribution in [0.4, 0.5) is 5.69 Å². The number of aldehydes is 1. The standard InChI is InChI=1S/C13H19NO.C3H6.C2H4O.C2H6/c1-4-11(10-15-3)9-12-5-7-13(14-2)8-6-12;1-3-2;1-2-3;1-2/h5-9,14H,4,10H2,1-3H3;3H,1H2,2H3;2H,1H3;1-2H3/b11-9-;;;. The van der Waals surface area contributed by atoms with Crippen molar-refractivity contribution in [1.82, 2.24) is 0 Å². The van der Waals surface area contributed by atoms with E-state index in [0.717, 1.165) is 18.4 Å². The molecule has 0 saturated carbocycles. The second kappa shape index (κ2) is 22.4. The Morgan fingerprint density at radius 2 is 1.65 bits per heavy atom. The molecule has 0 spiro atoms. The Balaban J connectivity index is -0.000000425. The number of ether oxygens (including phenoxy) is 1. The summed E-state index contributed by atoms with van der Waals surface area (Å²) in [5, 5.41) is 3.10. The van der Waals surface area contributed by atoms with E-state index in [9.17, 15) is 0 Å². The number of carbonyl (C=O) groups excluding carboxylic acids is 1. The first-order chi connectivity index (χ1) is 11.1. The molecule has 0 aliphatic carbocycles. The van der Waals surface area contributed by atoms with Crippen LogP contribution in [-0.2, 0) is 9.53 Å². The predicted octanol–water partition coefficient (Wildman–Crippen LogP) is 5.59. The van der Waals surface area contributed by atoms with Crippen LogP contribution in [0.2, 0.25) is 0 Å². The molecule has 3 nitrogen and oxygen atoms in total. The van der Waals surface area contributed by atoms with Gasteiger partial charge in [0.2, 0.25) is 0 Å². The third kappa shape index (κ3) is 18.1. The lowest BCUT2D eigenvalue weighted by Crippen LogP contribution is -1.93. The van der Waals surface area contributed by atoms with Crippen molar-refractivity contribution in [3.63, 3.8) is 0 Å². The average Bonchev–Trinajstić information content (AvgIpc) is 2.58. The van der Waals surface area contributed by atoms with Crippen molar-refractivity contribution in [3.05, 3.63) is 48.1 Å². The Kier molecular flexibility index (Phi) is 25.4. The van der Waals surface area contributed by atoms with Crippen molar-refractivity contribution in [2.24, 2.45) is 0 Å².